The number of carbonyl (C=O) groups excluding carboxylic acids is 1. The molecule has 0 atom stereocenters. The molecule has 9 heteroatoms. The van der Waals surface area contributed by atoms with Gasteiger partial charge in [0.05, 0.1) is 17.7 Å². The van der Waals surface area contributed by atoms with E-state index in [1.807, 2.05) is 0 Å². The van der Waals surface area contributed by atoms with Gasteiger partial charge in [-0.15, -0.1) is 5.10 Å². The highest BCUT2D eigenvalue weighted by Crippen LogP contribution is 2.26. The molecule has 1 amide bonds. The van der Waals surface area contributed by atoms with E-state index in [0.717, 1.165) is 12.1 Å². The number of hydrogen-bond acceptors (Lipinski definition) is 6. The number of amides is 1. The number of nitro groups is 1. The zero-order chi connectivity index (χ0) is 14.5. The van der Waals surface area contributed by atoms with E-state index >= 15 is 0 Å². The van der Waals surface area contributed by atoms with E-state index in [2.05, 4.69) is 15.6 Å². The smallest absolute Gasteiger partial charge is 0.310 e. The molecule has 0 fully saturated rings. The average molecular weight is 277 g/mol. The van der Waals surface area contributed by atoms with Crippen LogP contribution in [0.2, 0.25) is 0 Å². The van der Waals surface area contributed by atoms with E-state index in [0.29, 0.717) is 13.1 Å². The molecule has 0 spiro atoms. The van der Waals surface area contributed by atoms with Crippen LogP contribution in [0, 0.1) is 10.1 Å². The first-order valence-corrected chi connectivity index (χ1v) is 5.67. The van der Waals surface area contributed by atoms with Crippen LogP contribution in [0.4, 0.5) is 5.69 Å². The molecule has 9 nitrogen and oxygen atoms in total. The van der Waals surface area contributed by atoms with Crippen molar-refractivity contribution in [2.75, 3.05) is 6.54 Å². The maximum atomic E-state index is 11.8. The van der Waals surface area contributed by atoms with Crippen molar-refractivity contribution < 1.29 is 14.8 Å². The van der Waals surface area contributed by atoms with Gasteiger partial charge in [0.15, 0.2) is 5.75 Å². The molecular weight excluding hydrogens is 266 g/mol. The fraction of sp³-hybridized carbons (Fsp3) is 0.182. The molecule has 0 bridgehead atoms. The lowest BCUT2D eigenvalue weighted by Crippen LogP contribution is -2.27. The summed E-state index contributed by atoms with van der Waals surface area (Å²) in [6.07, 6.45) is 3.18. The number of aromatic nitrogens is 3. The quantitative estimate of drug-likeness (QED) is 0.599. The highest BCUT2D eigenvalue weighted by molar-refractivity contribution is 5.94. The van der Waals surface area contributed by atoms with E-state index < -0.39 is 22.3 Å². The Kier molecular flexibility index (Phi) is 3.89. The van der Waals surface area contributed by atoms with Crippen LogP contribution < -0.4 is 5.32 Å². The third-order valence-electron chi connectivity index (χ3n) is 2.53. The van der Waals surface area contributed by atoms with Gasteiger partial charge in [0.25, 0.3) is 5.91 Å². The van der Waals surface area contributed by atoms with E-state index in [-0.39, 0.29) is 5.56 Å². The Labute approximate surface area is 113 Å². The fourth-order valence-corrected chi connectivity index (χ4v) is 1.56. The predicted octanol–water partition coefficient (Wildman–Crippen LogP) is 0.322. The number of rotatable bonds is 5. The van der Waals surface area contributed by atoms with Crippen molar-refractivity contribution in [2.45, 2.75) is 6.54 Å². The molecule has 0 aliphatic rings. The number of carbonyl (C=O) groups is 1. The number of aromatic hydroxyl groups is 1. The highest BCUT2D eigenvalue weighted by Gasteiger charge is 2.15. The molecule has 0 saturated heterocycles. The van der Waals surface area contributed by atoms with Crippen LogP contribution >= 0.6 is 0 Å². The Morgan fingerprint density at radius 1 is 1.50 bits per heavy atom. The number of nitrogens with zero attached hydrogens (tertiary/aromatic N) is 4. The second-order valence-corrected chi connectivity index (χ2v) is 3.88. The van der Waals surface area contributed by atoms with E-state index in [4.69, 9.17) is 0 Å². The summed E-state index contributed by atoms with van der Waals surface area (Å²) in [5.74, 6) is -0.978. The largest absolute Gasteiger partial charge is 0.502 e. The van der Waals surface area contributed by atoms with Gasteiger partial charge < -0.3 is 10.4 Å². The van der Waals surface area contributed by atoms with Crippen molar-refractivity contribution in [3.63, 3.8) is 0 Å². The van der Waals surface area contributed by atoms with Crippen molar-refractivity contribution in [1.29, 1.82) is 0 Å². The molecule has 0 aliphatic heterocycles. The lowest BCUT2D eigenvalue weighted by Gasteiger charge is -2.05. The summed E-state index contributed by atoms with van der Waals surface area (Å²) >= 11 is 0. The first-order chi connectivity index (χ1) is 9.58. The summed E-state index contributed by atoms with van der Waals surface area (Å²) < 4.78 is 1.55. The van der Waals surface area contributed by atoms with Crippen LogP contribution in [0.15, 0.2) is 30.6 Å². The van der Waals surface area contributed by atoms with Crippen LogP contribution in [0.5, 0.6) is 5.75 Å². The van der Waals surface area contributed by atoms with Gasteiger partial charge in [-0.1, -0.05) is 5.21 Å². The van der Waals surface area contributed by atoms with Crippen LogP contribution in [0.3, 0.4) is 0 Å². The first-order valence-electron chi connectivity index (χ1n) is 5.67. The lowest BCUT2D eigenvalue weighted by atomic mass is 10.2. The molecule has 1 aromatic carbocycles. The van der Waals surface area contributed by atoms with Crippen molar-refractivity contribution in [2.24, 2.45) is 0 Å². The Balaban J connectivity index is 1.95. The average Bonchev–Trinajstić information content (AvgIpc) is 2.91. The third kappa shape index (κ3) is 3.07. The van der Waals surface area contributed by atoms with Gasteiger partial charge in [0, 0.05) is 24.4 Å². The number of nitrogens with one attached hydrogen (secondary N) is 1. The van der Waals surface area contributed by atoms with Crippen LogP contribution in [-0.2, 0) is 6.54 Å². The standard InChI is InChI=1S/C11H11N5O4/c17-10-7-8(1-2-9(10)16(19)20)11(18)12-3-5-15-6-4-13-14-15/h1-2,4,6-7,17H,3,5H2,(H,12,18). The van der Waals surface area contributed by atoms with Crippen LogP contribution in [0.25, 0.3) is 0 Å². The fourth-order valence-electron chi connectivity index (χ4n) is 1.56. The van der Waals surface area contributed by atoms with Crippen molar-refractivity contribution in [3.8, 4) is 5.75 Å². The molecule has 104 valence electrons. The molecule has 20 heavy (non-hydrogen) atoms. The Morgan fingerprint density at radius 3 is 2.90 bits per heavy atom. The summed E-state index contributed by atoms with van der Waals surface area (Å²) in [5.41, 5.74) is -0.296. The van der Waals surface area contributed by atoms with Gasteiger partial charge in [-0.25, -0.2) is 0 Å². The third-order valence-corrected chi connectivity index (χ3v) is 2.53. The monoisotopic (exact) mass is 277 g/mol. The Morgan fingerprint density at radius 2 is 2.30 bits per heavy atom. The normalized spacial score (nSPS) is 10.2. The van der Waals surface area contributed by atoms with E-state index in [9.17, 15) is 20.0 Å². The van der Waals surface area contributed by atoms with E-state index in [1.165, 1.54) is 12.3 Å². The SMILES string of the molecule is O=C(NCCn1ccnn1)c1ccc([N+](=O)[O-])c(O)c1. The van der Waals surface area contributed by atoms with Crippen LogP contribution in [0.1, 0.15) is 10.4 Å². The number of phenolic OH excluding ortho intramolecular Hbond substituents is 1. The van der Waals surface area contributed by atoms with Gasteiger partial charge in [-0.05, 0) is 12.1 Å². The minimum atomic E-state index is -0.721. The zero-order valence-corrected chi connectivity index (χ0v) is 10.3. The van der Waals surface area contributed by atoms with Gasteiger partial charge in [-0.3, -0.25) is 19.6 Å². The van der Waals surface area contributed by atoms with Gasteiger partial charge in [0.1, 0.15) is 0 Å². The van der Waals surface area contributed by atoms with Gasteiger partial charge in [0.2, 0.25) is 0 Å². The predicted molar refractivity (Wildman–Crippen MR) is 67.1 cm³/mol. The van der Waals surface area contributed by atoms with Gasteiger partial charge in [-0.2, -0.15) is 0 Å². The van der Waals surface area contributed by atoms with Crippen LogP contribution in [-0.4, -0.2) is 37.5 Å². The molecular formula is C11H11N5O4. The molecule has 2 N–H and O–H groups in total. The second kappa shape index (κ2) is 5.78. The molecule has 1 aromatic heterocycles. The number of hydrogen-bond donors (Lipinski definition) is 2. The number of nitro benzene ring substituents is 1. The van der Waals surface area contributed by atoms with E-state index in [1.54, 1.807) is 10.9 Å². The summed E-state index contributed by atoms with van der Waals surface area (Å²) in [6, 6.07) is 3.42. The highest BCUT2D eigenvalue weighted by atomic mass is 16.6. The maximum Gasteiger partial charge on any atom is 0.310 e. The minimum absolute atomic E-state index is 0.145. The van der Waals surface area contributed by atoms with Crippen molar-refractivity contribution >= 4 is 11.6 Å². The van der Waals surface area contributed by atoms with Crippen molar-refractivity contribution in [3.05, 3.63) is 46.3 Å². The molecule has 0 aliphatic carbocycles. The minimum Gasteiger partial charge on any atom is -0.502 e. The number of phenols is 1. The molecule has 2 rings (SSSR count). The summed E-state index contributed by atoms with van der Waals surface area (Å²) in [5, 5.41) is 29.9. The second-order valence-electron chi connectivity index (χ2n) is 3.88. The lowest BCUT2D eigenvalue weighted by molar-refractivity contribution is -0.385. The zero-order valence-electron chi connectivity index (χ0n) is 10.3. The van der Waals surface area contributed by atoms with Gasteiger partial charge >= 0.3 is 5.69 Å². The summed E-state index contributed by atoms with van der Waals surface area (Å²) in [4.78, 5) is 21.6. The Hall–Kier alpha value is -2.97. The molecule has 1 heterocycles. The summed E-state index contributed by atoms with van der Waals surface area (Å²) in [6.45, 7) is 0.768. The van der Waals surface area contributed by atoms with Crippen molar-refractivity contribution in [1.82, 2.24) is 20.3 Å². The molecule has 0 radical (unpaired) electrons. The molecule has 0 saturated carbocycles. The first kappa shape index (κ1) is 13.5. The molecule has 0 unspecified atom stereocenters. The molecule has 2 aromatic rings. The Bertz CT molecular complexity index is 626. The summed E-state index contributed by atoms with van der Waals surface area (Å²) in [7, 11) is 0. The number of benzene rings is 1. The topological polar surface area (TPSA) is 123 Å². The maximum absolute atomic E-state index is 11.8.